The highest BCUT2D eigenvalue weighted by Gasteiger charge is 2.18. The topological polar surface area (TPSA) is 9.23 Å². The Morgan fingerprint density at radius 1 is 0.885 bits per heavy atom. The summed E-state index contributed by atoms with van der Waals surface area (Å²) in [5.41, 5.74) is 1.26. The zero-order valence-electron chi connectivity index (χ0n) is 17.1. The largest absolute Gasteiger partial charge is 0.494 e. The van der Waals surface area contributed by atoms with Gasteiger partial charge in [-0.1, -0.05) is 76.7 Å². The third-order valence-corrected chi connectivity index (χ3v) is 5.68. The van der Waals surface area contributed by atoms with Crippen molar-refractivity contribution in [2.45, 2.75) is 84.5 Å². The lowest BCUT2D eigenvalue weighted by Crippen LogP contribution is -2.13. The maximum atomic E-state index is 5.78. The van der Waals surface area contributed by atoms with Crippen LogP contribution in [0.2, 0.25) is 0 Å². The fraction of sp³-hybridized carbons (Fsp3) is 0.640. The van der Waals surface area contributed by atoms with Crippen molar-refractivity contribution in [1.29, 1.82) is 0 Å². The molecule has 1 aliphatic carbocycles. The Morgan fingerprint density at radius 2 is 1.58 bits per heavy atom. The first-order valence-electron chi connectivity index (χ1n) is 11.1. The molecule has 0 heterocycles. The summed E-state index contributed by atoms with van der Waals surface area (Å²) in [6.07, 6.45) is 21.8. The highest BCUT2D eigenvalue weighted by atomic mass is 16.5. The van der Waals surface area contributed by atoms with Gasteiger partial charge < -0.3 is 4.74 Å². The summed E-state index contributed by atoms with van der Waals surface area (Å²) in [5.74, 6) is 2.78. The standard InChI is InChI=1S/C25H39O/c1-3-5-7-10-22-13-15-23(16-14-22)11-9-12-24-17-19-25(20-18-24)26-21-8-6-4-2/h9,11-12,17-20,22-23H,3-8,10,13-16,21H2,1-2H3/b11-9+/t22-,23-. The fourth-order valence-corrected chi connectivity index (χ4v) is 3.89. The average Bonchev–Trinajstić information content (AvgIpc) is 2.68. The van der Waals surface area contributed by atoms with Crippen LogP contribution in [0.3, 0.4) is 0 Å². The zero-order valence-corrected chi connectivity index (χ0v) is 17.1. The van der Waals surface area contributed by atoms with Crippen molar-refractivity contribution in [2.75, 3.05) is 6.61 Å². The molecule has 145 valence electrons. The smallest absolute Gasteiger partial charge is 0.119 e. The van der Waals surface area contributed by atoms with E-state index in [0.717, 1.165) is 30.6 Å². The van der Waals surface area contributed by atoms with E-state index in [0.29, 0.717) is 0 Å². The molecule has 26 heavy (non-hydrogen) atoms. The third kappa shape index (κ3) is 8.43. The van der Waals surface area contributed by atoms with E-state index in [2.05, 4.69) is 56.7 Å². The minimum absolute atomic E-state index is 0.787. The summed E-state index contributed by atoms with van der Waals surface area (Å²) in [4.78, 5) is 0. The molecule has 1 aromatic carbocycles. The molecule has 1 saturated carbocycles. The number of allylic oxidation sites excluding steroid dienone is 2. The summed E-state index contributed by atoms with van der Waals surface area (Å²) in [5, 5.41) is 0. The average molecular weight is 356 g/mol. The molecule has 0 atom stereocenters. The quantitative estimate of drug-likeness (QED) is 0.348. The lowest BCUT2D eigenvalue weighted by Gasteiger charge is -2.26. The maximum Gasteiger partial charge on any atom is 0.119 e. The second-order valence-corrected chi connectivity index (χ2v) is 7.95. The summed E-state index contributed by atoms with van der Waals surface area (Å²) in [6, 6.07) is 8.49. The summed E-state index contributed by atoms with van der Waals surface area (Å²) in [6.45, 7) is 5.35. The van der Waals surface area contributed by atoms with Crippen molar-refractivity contribution in [3.63, 3.8) is 0 Å². The lowest BCUT2D eigenvalue weighted by atomic mass is 9.79. The van der Waals surface area contributed by atoms with Crippen LogP contribution in [0.1, 0.15) is 90.0 Å². The third-order valence-electron chi connectivity index (χ3n) is 5.68. The summed E-state index contributed by atoms with van der Waals surface area (Å²) < 4.78 is 5.78. The van der Waals surface area contributed by atoms with Crippen LogP contribution in [0, 0.1) is 18.3 Å². The number of unbranched alkanes of at least 4 members (excludes halogenated alkanes) is 4. The Morgan fingerprint density at radius 3 is 2.27 bits per heavy atom. The molecule has 1 aliphatic rings. The van der Waals surface area contributed by atoms with Gasteiger partial charge in [-0.2, -0.15) is 0 Å². The van der Waals surface area contributed by atoms with E-state index in [4.69, 9.17) is 4.74 Å². The van der Waals surface area contributed by atoms with Crippen LogP contribution in [0.4, 0.5) is 0 Å². The van der Waals surface area contributed by atoms with E-state index in [1.807, 2.05) is 0 Å². The first-order valence-corrected chi connectivity index (χ1v) is 11.1. The van der Waals surface area contributed by atoms with Gasteiger partial charge in [-0.3, -0.25) is 0 Å². The molecule has 1 fully saturated rings. The molecule has 1 aromatic rings. The molecule has 1 nitrogen and oxygen atoms in total. The van der Waals surface area contributed by atoms with Crippen molar-refractivity contribution in [2.24, 2.45) is 11.8 Å². The maximum absolute atomic E-state index is 5.78. The van der Waals surface area contributed by atoms with Crippen molar-refractivity contribution in [3.8, 4) is 5.75 Å². The van der Waals surface area contributed by atoms with Crippen LogP contribution in [0.25, 0.3) is 0 Å². The fourth-order valence-electron chi connectivity index (χ4n) is 3.89. The molecule has 0 aliphatic heterocycles. The van der Waals surface area contributed by atoms with E-state index in [1.54, 1.807) is 0 Å². The highest BCUT2D eigenvalue weighted by Crippen LogP contribution is 2.32. The van der Waals surface area contributed by atoms with Crippen LogP contribution < -0.4 is 4.74 Å². The first-order chi connectivity index (χ1) is 12.8. The summed E-state index contributed by atoms with van der Waals surface area (Å²) >= 11 is 0. The van der Waals surface area contributed by atoms with Crippen LogP contribution in [0.15, 0.2) is 36.4 Å². The van der Waals surface area contributed by atoms with Gasteiger partial charge in [-0.25, -0.2) is 0 Å². The van der Waals surface area contributed by atoms with E-state index in [-0.39, 0.29) is 0 Å². The predicted octanol–water partition coefficient (Wildman–Crippen LogP) is 7.75. The van der Waals surface area contributed by atoms with E-state index in [9.17, 15) is 0 Å². The highest BCUT2D eigenvalue weighted by molar-refractivity contribution is 5.34. The van der Waals surface area contributed by atoms with Gasteiger partial charge in [0, 0.05) is 6.42 Å². The molecule has 0 N–H and O–H groups in total. The minimum atomic E-state index is 0.787. The van der Waals surface area contributed by atoms with Crippen molar-refractivity contribution < 1.29 is 4.74 Å². The minimum Gasteiger partial charge on any atom is -0.494 e. The lowest BCUT2D eigenvalue weighted by molar-refractivity contribution is 0.289. The van der Waals surface area contributed by atoms with Crippen molar-refractivity contribution in [3.05, 3.63) is 48.4 Å². The molecule has 0 bridgehead atoms. The van der Waals surface area contributed by atoms with Gasteiger partial charge in [0.15, 0.2) is 0 Å². The molecule has 0 amide bonds. The molecule has 0 saturated heterocycles. The van der Waals surface area contributed by atoms with Gasteiger partial charge in [0.05, 0.1) is 6.61 Å². The zero-order chi connectivity index (χ0) is 18.5. The second kappa shape index (κ2) is 13.0. The van der Waals surface area contributed by atoms with Gasteiger partial charge in [-0.15, -0.1) is 0 Å². The van der Waals surface area contributed by atoms with Gasteiger partial charge in [0.25, 0.3) is 0 Å². The number of benzene rings is 1. The summed E-state index contributed by atoms with van der Waals surface area (Å²) in [7, 11) is 0. The van der Waals surface area contributed by atoms with E-state index >= 15 is 0 Å². The Kier molecular flexibility index (Phi) is 10.5. The van der Waals surface area contributed by atoms with Gasteiger partial charge in [0.1, 0.15) is 5.75 Å². The first kappa shape index (κ1) is 21.1. The molecule has 0 spiro atoms. The van der Waals surface area contributed by atoms with Gasteiger partial charge in [-0.05, 0) is 61.6 Å². The molecule has 1 radical (unpaired) electrons. The Labute approximate surface area is 162 Å². The van der Waals surface area contributed by atoms with Crippen molar-refractivity contribution >= 4 is 0 Å². The van der Waals surface area contributed by atoms with Crippen LogP contribution in [-0.4, -0.2) is 6.61 Å². The van der Waals surface area contributed by atoms with Crippen LogP contribution in [0.5, 0.6) is 5.75 Å². The molecular weight excluding hydrogens is 316 g/mol. The van der Waals surface area contributed by atoms with Crippen molar-refractivity contribution in [1.82, 2.24) is 0 Å². The Bertz CT molecular complexity index is 479. The molecule has 1 heteroatoms. The molecule has 2 rings (SSSR count). The number of rotatable bonds is 12. The van der Waals surface area contributed by atoms with E-state index < -0.39 is 0 Å². The second-order valence-electron chi connectivity index (χ2n) is 7.95. The molecule has 0 aromatic heterocycles. The Balaban J connectivity index is 1.62. The normalized spacial score (nSPS) is 20.5. The van der Waals surface area contributed by atoms with Crippen LogP contribution in [-0.2, 0) is 0 Å². The van der Waals surface area contributed by atoms with Gasteiger partial charge in [0.2, 0.25) is 0 Å². The van der Waals surface area contributed by atoms with E-state index in [1.165, 1.54) is 69.8 Å². The molecule has 0 unspecified atom stereocenters. The Hall–Kier alpha value is -1.24. The monoisotopic (exact) mass is 355 g/mol. The number of ether oxygens (including phenoxy) is 1. The predicted molar refractivity (Wildman–Crippen MR) is 114 cm³/mol. The van der Waals surface area contributed by atoms with Gasteiger partial charge >= 0.3 is 0 Å². The van der Waals surface area contributed by atoms with Crippen LogP contribution >= 0.6 is 0 Å². The number of hydrogen-bond donors (Lipinski definition) is 0. The SMILES string of the molecule is CCCCCOc1ccc([CH]/C=C/[C@H]2CC[C@H](CCCCC)CC2)cc1. The molecular formula is C25H39O. The number of hydrogen-bond acceptors (Lipinski definition) is 1.